The van der Waals surface area contributed by atoms with Crippen LogP contribution in [0.3, 0.4) is 0 Å². The van der Waals surface area contributed by atoms with E-state index >= 15 is 0 Å². The van der Waals surface area contributed by atoms with E-state index in [1.54, 1.807) is 35.8 Å². The van der Waals surface area contributed by atoms with Crippen LogP contribution >= 0.6 is 34.5 Å². The van der Waals surface area contributed by atoms with Crippen LogP contribution in [0.4, 0.5) is 0 Å². The minimum atomic E-state index is -0.680. The number of thiazole rings is 1. The molecule has 188 valence electrons. The normalized spacial score (nSPS) is 15.8. The highest BCUT2D eigenvalue weighted by atomic mass is 35.5. The second kappa shape index (κ2) is 11.1. The summed E-state index contributed by atoms with van der Waals surface area (Å²) in [5.41, 5.74) is 3.19. The van der Waals surface area contributed by atoms with Crippen LogP contribution < -0.4 is 14.9 Å². The first-order chi connectivity index (χ1) is 17.2. The molecule has 1 unspecified atom stereocenters. The van der Waals surface area contributed by atoms with Gasteiger partial charge in [-0.25, -0.2) is 9.79 Å². The van der Waals surface area contributed by atoms with Crippen LogP contribution in [0, 0.1) is 0 Å². The fourth-order valence-electron chi connectivity index (χ4n) is 4.02. The molecule has 0 saturated heterocycles. The van der Waals surface area contributed by atoms with E-state index in [1.165, 1.54) is 18.4 Å². The Morgan fingerprint density at radius 3 is 2.53 bits per heavy atom. The second-order valence-electron chi connectivity index (χ2n) is 8.70. The molecule has 0 aliphatic carbocycles. The number of halogens is 2. The molecule has 0 N–H and O–H groups in total. The van der Waals surface area contributed by atoms with Crippen LogP contribution in [-0.2, 0) is 14.3 Å². The Balaban J connectivity index is 1.89. The molecule has 0 bridgehead atoms. The van der Waals surface area contributed by atoms with Crippen molar-refractivity contribution in [1.82, 2.24) is 4.57 Å². The zero-order chi connectivity index (χ0) is 26.0. The van der Waals surface area contributed by atoms with Gasteiger partial charge in [-0.2, -0.15) is 0 Å². The molecule has 0 saturated carbocycles. The molecular formula is C27H26Cl2N2O4S. The van der Waals surface area contributed by atoms with Crippen LogP contribution in [0.25, 0.3) is 6.08 Å². The monoisotopic (exact) mass is 544 g/mol. The van der Waals surface area contributed by atoms with Gasteiger partial charge in [0.25, 0.3) is 5.56 Å². The summed E-state index contributed by atoms with van der Waals surface area (Å²) in [6.45, 7) is 6.36. The Bertz CT molecular complexity index is 1500. The molecule has 1 atom stereocenters. The summed E-state index contributed by atoms with van der Waals surface area (Å²) in [5.74, 6) is -0.179. The van der Waals surface area contributed by atoms with Crippen LogP contribution in [-0.4, -0.2) is 30.9 Å². The van der Waals surface area contributed by atoms with E-state index in [0.29, 0.717) is 42.1 Å². The smallest absolute Gasteiger partial charge is 0.338 e. The van der Waals surface area contributed by atoms with Gasteiger partial charge in [-0.3, -0.25) is 9.36 Å². The lowest BCUT2D eigenvalue weighted by atomic mass is 9.93. The topological polar surface area (TPSA) is 69.9 Å². The molecule has 2 heterocycles. The number of carbonyl (C=O) groups is 1. The number of benzene rings is 2. The SMILES string of the molecule is COCCOC(=O)C1=C(C)N=c2sc(=Cc3ccc(Cl)cc3Cl)c(=O)n2C1c1ccc(C(C)C)cc1. The molecule has 0 amide bonds. The van der Waals surface area contributed by atoms with Gasteiger partial charge in [0.05, 0.1) is 28.5 Å². The maximum Gasteiger partial charge on any atom is 0.338 e. The molecule has 2 aromatic carbocycles. The average Bonchev–Trinajstić information content (AvgIpc) is 3.14. The summed E-state index contributed by atoms with van der Waals surface area (Å²) < 4.78 is 12.5. The fourth-order valence-corrected chi connectivity index (χ4v) is 5.52. The Morgan fingerprint density at radius 1 is 1.17 bits per heavy atom. The number of methoxy groups -OCH3 is 1. The third kappa shape index (κ3) is 5.34. The summed E-state index contributed by atoms with van der Waals surface area (Å²) in [7, 11) is 1.54. The predicted molar refractivity (Wildman–Crippen MR) is 144 cm³/mol. The number of aromatic nitrogens is 1. The van der Waals surface area contributed by atoms with Crippen molar-refractivity contribution >= 4 is 46.6 Å². The van der Waals surface area contributed by atoms with Gasteiger partial charge in [0.2, 0.25) is 0 Å². The van der Waals surface area contributed by atoms with E-state index in [4.69, 9.17) is 32.7 Å². The maximum atomic E-state index is 13.7. The molecule has 4 rings (SSSR count). The zero-order valence-electron chi connectivity index (χ0n) is 20.4. The second-order valence-corrected chi connectivity index (χ2v) is 10.6. The number of allylic oxidation sites excluding steroid dienone is 1. The van der Waals surface area contributed by atoms with Gasteiger partial charge in [-0.1, -0.05) is 78.7 Å². The zero-order valence-corrected chi connectivity index (χ0v) is 22.7. The number of ether oxygens (including phenoxy) is 2. The van der Waals surface area contributed by atoms with Crippen LogP contribution in [0.15, 0.2) is 63.5 Å². The largest absolute Gasteiger partial charge is 0.460 e. The Kier molecular flexibility index (Phi) is 8.15. The van der Waals surface area contributed by atoms with Crippen molar-refractivity contribution in [2.75, 3.05) is 20.3 Å². The van der Waals surface area contributed by atoms with Gasteiger partial charge in [0.15, 0.2) is 4.80 Å². The van der Waals surface area contributed by atoms with Crippen molar-refractivity contribution in [2.24, 2.45) is 4.99 Å². The molecule has 6 nitrogen and oxygen atoms in total. The van der Waals surface area contributed by atoms with Gasteiger partial charge in [0, 0.05) is 17.2 Å². The Morgan fingerprint density at radius 2 is 1.89 bits per heavy atom. The highest BCUT2D eigenvalue weighted by Gasteiger charge is 2.33. The molecule has 36 heavy (non-hydrogen) atoms. The fraction of sp³-hybridized carbons (Fsp3) is 0.296. The number of nitrogens with zero attached hydrogens (tertiary/aromatic N) is 2. The standard InChI is InChI=1S/C27H26Cl2N2O4S/c1-15(2)17-5-7-18(8-6-17)24-23(26(33)35-12-11-34-4)16(3)30-27-31(24)25(32)22(36-27)13-19-9-10-20(28)14-21(19)29/h5-10,13-15,24H,11-12H2,1-4H3. The van der Waals surface area contributed by atoms with Crippen LogP contribution in [0.2, 0.25) is 10.0 Å². The van der Waals surface area contributed by atoms with E-state index in [2.05, 4.69) is 18.8 Å². The van der Waals surface area contributed by atoms with Crippen molar-refractivity contribution in [3.05, 3.63) is 100 Å². The first-order valence-corrected chi connectivity index (χ1v) is 13.0. The predicted octanol–water partition coefficient (Wildman–Crippen LogP) is 4.86. The van der Waals surface area contributed by atoms with E-state index in [1.807, 2.05) is 24.3 Å². The van der Waals surface area contributed by atoms with Crippen molar-refractivity contribution < 1.29 is 14.3 Å². The molecule has 0 fully saturated rings. The lowest BCUT2D eigenvalue weighted by Gasteiger charge is -2.25. The van der Waals surface area contributed by atoms with Crippen LogP contribution in [0.1, 0.15) is 49.4 Å². The van der Waals surface area contributed by atoms with Crippen molar-refractivity contribution in [3.63, 3.8) is 0 Å². The Labute approximate surface area is 223 Å². The Hall–Kier alpha value is -2.71. The van der Waals surface area contributed by atoms with Gasteiger partial charge in [0.1, 0.15) is 6.61 Å². The quantitative estimate of drug-likeness (QED) is 0.314. The number of hydrogen-bond donors (Lipinski definition) is 0. The minimum absolute atomic E-state index is 0.102. The molecule has 1 aliphatic heterocycles. The van der Waals surface area contributed by atoms with Crippen molar-refractivity contribution in [2.45, 2.75) is 32.7 Å². The summed E-state index contributed by atoms with van der Waals surface area (Å²) in [4.78, 5) is 32.0. The van der Waals surface area contributed by atoms with E-state index in [-0.39, 0.29) is 18.8 Å². The lowest BCUT2D eigenvalue weighted by molar-refractivity contribution is -0.140. The summed E-state index contributed by atoms with van der Waals surface area (Å²) in [6, 6.07) is 12.4. The molecule has 1 aliphatic rings. The summed E-state index contributed by atoms with van der Waals surface area (Å²) in [5, 5.41) is 0.948. The number of rotatable bonds is 7. The number of carbonyl (C=O) groups excluding carboxylic acids is 1. The number of esters is 1. The van der Waals surface area contributed by atoms with Crippen LogP contribution in [0.5, 0.6) is 0 Å². The molecular weight excluding hydrogens is 519 g/mol. The van der Waals surface area contributed by atoms with Crippen molar-refractivity contribution in [3.8, 4) is 0 Å². The number of fused-ring (bicyclic) bond motifs is 1. The highest BCUT2D eigenvalue weighted by Crippen LogP contribution is 2.31. The van der Waals surface area contributed by atoms with E-state index in [9.17, 15) is 9.59 Å². The highest BCUT2D eigenvalue weighted by molar-refractivity contribution is 7.07. The molecule has 1 aromatic heterocycles. The number of hydrogen-bond acceptors (Lipinski definition) is 6. The molecule has 0 radical (unpaired) electrons. The van der Waals surface area contributed by atoms with Crippen molar-refractivity contribution in [1.29, 1.82) is 0 Å². The molecule has 9 heteroatoms. The minimum Gasteiger partial charge on any atom is -0.460 e. The van der Waals surface area contributed by atoms with Gasteiger partial charge in [-0.05, 0) is 47.7 Å². The van der Waals surface area contributed by atoms with E-state index in [0.717, 1.165) is 11.1 Å². The lowest BCUT2D eigenvalue weighted by Crippen LogP contribution is -2.40. The average molecular weight is 545 g/mol. The third-order valence-corrected chi connectivity index (χ3v) is 7.48. The van der Waals surface area contributed by atoms with E-state index < -0.39 is 12.0 Å². The van der Waals surface area contributed by atoms with Gasteiger partial charge < -0.3 is 9.47 Å². The van der Waals surface area contributed by atoms with Gasteiger partial charge >= 0.3 is 5.97 Å². The third-order valence-electron chi connectivity index (χ3n) is 5.93. The first-order valence-electron chi connectivity index (χ1n) is 11.4. The summed E-state index contributed by atoms with van der Waals surface area (Å²) in [6.07, 6.45) is 1.72. The maximum absolute atomic E-state index is 13.7. The first kappa shape index (κ1) is 26.4. The molecule has 0 spiro atoms. The summed E-state index contributed by atoms with van der Waals surface area (Å²) >= 11 is 13.6. The van der Waals surface area contributed by atoms with Gasteiger partial charge in [-0.15, -0.1) is 0 Å². The molecule has 3 aromatic rings.